The van der Waals surface area contributed by atoms with E-state index in [2.05, 4.69) is 10.5 Å². The summed E-state index contributed by atoms with van der Waals surface area (Å²) in [7, 11) is 0. The van der Waals surface area contributed by atoms with Crippen molar-refractivity contribution in [2.45, 2.75) is 19.4 Å². The van der Waals surface area contributed by atoms with Crippen LogP contribution in [-0.2, 0) is 4.84 Å². The number of hydrogen-bond donors (Lipinski definition) is 1. The molecular weight excluding hydrogens is 116 g/mol. The molecule has 3 nitrogen and oxygen atoms in total. The maximum absolute atomic E-state index is 5.06. The summed E-state index contributed by atoms with van der Waals surface area (Å²) in [5, 5.41) is 6.87. The third-order valence-electron chi connectivity index (χ3n) is 1.33. The number of oxime groups is 1. The topological polar surface area (TPSA) is 33.6 Å². The smallest absolute Gasteiger partial charge is 0.141 e. The Kier molecular flexibility index (Phi) is 2.51. The molecule has 9 heavy (non-hydrogen) atoms. The van der Waals surface area contributed by atoms with Crippen molar-refractivity contribution in [2.24, 2.45) is 5.16 Å². The zero-order chi connectivity index (χ0) is 6.53. The van der Waals surface area contributed by atoms with Crippen LogP contribution in [-0.4, -0.2) is 25.4 Å². The van der Waals surface area contributed by atoms with Crippen molar-refractivity contribution in [1.29, 1.82) is 0 Å². The van der Waals surface area contributed by atoms with Crippen LogP contribution in [0.25, 0.3) is 0 Å². The van der Waals surface area contributed by atoms with Gasteiger partial charge in [-0.15, -0.1) is 0 Å². The molecule has 1 unspecified atom stereocenters. The van der Waals surface area contributed by atoms with E-state index in [1.54, 1.807) is 6.21 Å². The van der Waals surface area contributed by atoms with Crippen LogP contribution in [0, 0.1) is 0 Å². The quantitative estimate of drug-likeness (QED) is 0.430. The second kappa shape index (κ2) is 3.45. The summed E-state index contributed by atoms with van der Waals surface area (Å²) in [5.74, 6) is 0. The Morgan fingerprint density at radius 2 is 2.67 bits per heavy atom. The normalized spacial score (nSPS) is 27.4. The van der Waals surface area contributed by atoms with Gasteiger partial charge in [-0.2, -0.15) is 0 Å². The number of nitrogens with one attached hydrogen (secondary N) is 1. The molecular formula is C6H12N2O. The first-order valence-electron chi connectivity index (χ1n) is 3.28. The van der Waals surface area contributed by atoms with Gasteiger partial charge in [-0.05, 0) is 13.5 Å². The minimum Gasteiger partial charge on any atom is -0.391 e. The molecule has 1 N–H and O–H groups in total. The molecule has 52 valence electrons. The van der Waals surface area contributed by atoms with Crippen molar-refractivity contribution >= 4 is 6.21 Å². The molecule has 1 atom stereocenters. The Hall–Kier alpha value is -0.570. The Labute approximate surface area is 55.1 Å². The average molecular weight is 128 g/mol. The van der Waals surface area contributed by atoms with Gasteiger partial charge < -0.3 is 10.2 Å². The van der Waals surface area contributed by atoms with Gasteiger partial charge in [0, 0.05) is 19.2 Å². The molecule has 1 rings (SSSR count). The number of hydrogen-bond acceptors (Lipinski definition) is 3. The lowest BCUT2D eigenvalue weighted by atomic mass is 10.3. The molecule has 1 aliphatic heterocycles. The van der Waals surface area contributed by atoms with E-state index >= 15 is 0 Å². The van der Waals surface area contributed by atoms with Gasteiger partial charge in [0.15, 0.2) is 0 Å². The third kappa shape index (κ3) is 2.01. The lowest BCUT2D eigenvalue weighted by Gasteiger charge is -2.03. The van der Waals surface area contributed by atoms with Crippen molar-refractivity contribution in [3.63, 3.8) is 0 Å². The van der Waals surface area contributed by atoms with Crippen LogP contribution < -0.4 is 5.32 Å². The first kappa shape index (κ1) is 6.55. The monoisotopic (exact) mass is 128 g/mol. The van der Waals surface area contributed by atoms with Crippen LogP contribution in [0.1, 0.15) is 13.3 Å². The van der Waals surface area contributed by atoms with E-state index in [9.17, 15) is 0 Å². The van der Waals surface area contributed by atoms with Crippen molar-refractivity contribution in [2.75, 3.05) is 13.1 Å². The molecule has 0 aromatic carbocycles. The van der Waals surface area contributed by atoms with Gasteiger partial charge in [-0.3, -0.25) is 0 Å². The Morgan fingerprint density at radius 1 is 1.78 bits per heavy atom. The molecule has 1 heterocycles. The van der Waals surface area contributed by atoms with Crippen molar-refractivity contribution in [3.8, 4) is 0 Å². The van der Waals surface area contributed by atoms with E-state index in [0.717, 1.165) is 19.5 Å². The predicted octanol–water partition coefficient (Wildman–Crippen LogP) is 0.371. The molecule has 3 heteroatoms. The SMILES string of the molecule is C/C=N/OC1CCNC1. The highest BCUT2D eigenvalue weighted by atomic mass is 16.6. The number of nitrogens with zero attached hydrogens (tertiary/aromatic N) is 1. The maximum atomic E-state index is 5.06. The molecule has 0 bridgehead atoms. The first-order chi connectivity index (χ1) is 4.43. The van der Waals surface area contributed by atoms with Crippen LogP contribution in [0.3, 0.4) is 0 Å². The molecule has 0 saturated carbocycles. The van der Waals surface area contributed by atoms with Crippen LogP contribution in [0.15, 0.2) is 5.16 Å². The zero-order valence-corrected chi connectivity index (χ0v) is 5.63. The lowest BCUT2D eigenvalue weighted by molar-refractivity contribution is 0.0746. The highest BCUT2D eigenvalue weighted by Crippen LogP contribution is 2.01. The van der Waals surface area contributed by atoms with E-state index < -0.39 is 0 Å². The molecule has 0 spiro atoms. The van der Waals surface area contributed by atoms with E-state index in [1.165, 1.54) is 0 Å². The Balaban J connectivity index is 2.11. The van der Waals surface area contributed by atoms with Crippen LogP contribution in [0.2, 0.25) is 0 Å². The lowest BCUT2D eigenvalue weighted by Crippen LogP contribution is -2.14. The highest BCUT2D eigenvalue weighted by Gasteiger charge is 2.14. The summed E-state index contributed by atoms with van der Waals surface area (Å²) < 4.78 is 0. The highest BCUT2D eigenvalue weighted by molar-refractivity contribution is 5.52. The Bertz CT molecular complexity index is 97.2. The molecule has 1 aliphatic rings. The summed E-state index contributed by atoms with van der Waals surface area (Å²) in [6.45, 7) is 3.85. The molecule has 0 amide bonds. The molecule has 0 aliphatic carbocycles. The fourth-order valence-electron chi connectivity index (χ4n) is 0.865. The van der Waals surface area contributed by atoms with E-state index in [0.29, 0.717) is 6.10 Å². The third-order valence-corrected chi connectivity index (χ3v) is 1.33. The zero-order valence-electron chi connectivity index (χ0n) is 5.63. The second-order valence-electron chi connectivity index (χ2n) is 2.08. The van der Waals surface area contributed by atoms with Crippen molar-refractivity contribution < 1.29 is 4.84 Å². The van der Waals surface area contributed by atoms with Gasteiger partial charge >= 0.3 is 0 Å². The minimum atomic E-state index is 0.307. The number of rotatable bonds is 2. The van der Waals surface area contributed by atoms with Gasteiger partial charge in [-0.25, -0.2) is 0 Å². The van der Waals surface area contributed by atoms with E-state index in [-0.39, 0.29) is 0 Å². The van der Waals surface area contributed by atoms with Crippen molar-refractivity contribution in [3.05, 3.63) is 0 Å². The summed E-state index contributed by atoms with van der Waals surface area (Å²) in [6.07, 6.45) is 3.05. The molecule has 1 saturated heterocycles. The summed E-state index contributed by atoms with van der Waals surface area (Å²) in [4.78, 5) is 5.06. The maximum Gasteiger partial charge on any atom is 0.141 e. The molecule has 0 aromatic heterocycles. The van der Waals surface area contributed by atoms with Crippen LogP contribution in [0.5, 0.6) is 0 Å². The van der Waals surface area contributed by atoms with Gasteiger partial charge in [-0.1, -0.05) is 5.16 Å². The largest absolute Gasteiger partial charge is 0.391 e. The van der Waals surface area contributed by atoms with Crippen molar-refractivity contribution in [1.82, 2.24) is 5.32 Å². The first-order valence-corrected chi connectivity index (χ1v) is 3.28. The predicted molar refractivity (Wildman–Crippen MR) is 36.5 cm³/mol. The summed E-state index contributed by atoms with van der Waals surface area (Å²) in [6, 6.07) is 0. The fraction of sp³-hybridized carbons (Fsp3) is 0.833. The fourth-order valence-corrected chi connectivity index (χ4v) is 0.865. The standard InChI is InChI=1S/C6H12N2O/c1-2-8-9-6-3-4-7-5-6/h2,6-7H,3-5H2,1H3/b8-2+. The molecule has 1 fully saturated rings. The molecule has 0 radical (unpaired) electrons. The summed E-state index contributed by atoms with van der Waals surface area (Å²) >= 11 is 0. The van der Waals surface area contributed by atoms with Gasteiger partial charge in [0.2, 0.25) is 0 Å². The summed E-state index contributed by atoms with van der Waals surface area (Å²) in [5.41, 5.74) is 0. The molecule has 0 aromatic rings. The average Bonchev–Trinajstić information content (AvgIpc) is 2.34. The van der Waals surface area contributed by atoms with E-state index in [1.807, 2.05) is 6.92 Å². The van der Waals surface area contributed by atoms with Gasteiger partial charge in [0.1, 0.15) is 6.10 Å². The Morgan fingerprint density at radius 3 is 3.22 bits per heavy atom. The minimum absolute atomic E-state index is 0.307. The van der Waals surface area contributed by atoms with Crippen LogP contribution in [0.4, 0.5) is 0 Å². The van der Waals surface area contributed by atoms with E-state index in [4.69, 9.17) is 4.84 Å². The van der Waals surface area contributed by atoms with Gasteiger partial charge in [0.25, 0.3) is 0 Å². The van der Waals surface area contributed by atoms with Gasteiger partial charge in [0.05, 0.1) is 0 Å². The second-order valence-corrected chi connectivity index (χ2v) is 2.08. The van der Waals surface area contributed by atoms with Crippen LogP contribution >= 0.6 is 0 Å².